The molecule has 3 heterocycles. The maximum atomic E-state index is 12.1. The van der Waals surface area contributed by atoms with Gasteiger partial charge in [-0.3, -0.25) is 9.48 Å². The van der Waals surface area contributed by atoms with Gasteiger partial charge in [-0.2, -0.15) is 0 Å². The Balaban J connectivity index is 1.60. The van der Waals surface area contributed by atoms with Gasteiger partial charge in [-0.25, -0.2) is 0 Å². The molecule has 1 saturated heterocycles. The number of carbonyl (C=O) groups is 1. The summed E-state index contributed by atoms with van der Waals surface area (Å²) in [5, 5.41) is 11.5. The van der Waals surface area contributed by atoms with Crippen molar-refractivity contribution in [3.05, 3.63) is 24.0 Å². The zero-order valence-electron chi connectivity index (χ0n) is 11.0. The van der Waals surface area contributed by atoms with Crippen LogP contribution in [0.5, 0.6) is 0 Å². The highest BCUT2D eigenvalue weighted by Crippen LogP contribution is 2.12. The van der Waals surface area contributed by atoms with Crippen LogP contribution in [0, 0.1) is 5.92 Å². The fourth-order valence-corrected chi connectivity index (χ4v) is 2.64. The number of carbonyl (C=O) groups excluding carboxylic acids is 1. The summed E-state index contributed by atoms with van der Waals surface area (Å²) in [6.07, 6.45) is 8.19. The Morgan fingerprint density at radius 2 is 2.26 bits per heavy atom. The Hall–Kier alpha value is -1.69. The van der Waals surface area contributed by atoms with Crippen molar-refractivity contribution >= 4 is 5.91 Å². The molecule has 0 bridgehead atoms. The third-order valence-electron chi connectivity index (χ3n) is 3.71. The van der Waals surface area contributed by atoms with Crippen LogP contribution >= 0.6 is 0 Å². The molecule has 0 spiro atoms. The average molecular weight is 261 g/mol. The fourth-order valence-electron chi connectivity index (χ4n) is 2.64. The van der Waals surface area contributed by atoms with Crippen molar-refractivity contribution in [3.63, 3.8) is 0 Å². The van der Waals surface area contributed by atoms with Crippen LogP contribution in [-0.2, 0) is 6.54 Å². The first-order valence-corrected chi connectivity index (χ1v) is 6.88. The number of aromatic nitrogens is 3. The Morgan fingerprint density at radius 1 is 1.42 bits per heavy atom. The molecule has 6 nitrogen and oxygen atoms in total. The minimum Gasteiger partial charge on any atom is -0.330 e. The molecule has 19 heavy (non-hydrogen) atoms. The lowest BCUT2D eigenvalue weighted by Gasteiger charge is -2.22. The monoisotopic (exact) mass is 261 g/mol. The van der Waals surface area contributed by atoms with E-state index < -0.39 is 0 Å². The molecule has 1 aromatic rings. The summed E-state index contributed by atoms with van der Waals surface area (Å²) in [6.45, 7) is 4.33. The number of amides is 1. The lowest BCUT2D eigenvalue weighted by molar-refractivity contribution is 0.0794. The molecule has 0 radical (unpaired) electrons. The fraction of sp³-hybridized carbons (Fsp3) is 0.615. The quantitative estimate of drug-likeness (QED) is 0.794. The summed E-state index contributed by atoms with van der Waals surface area (Å²) < 4.78 is 1.80. The predicted molar refractivity (Wildman–Crippen MR) is 70.7 cm³/mol. The van der Waals surface area contributed by atoms with E-state index in [4.69, 9.17) is 0 Å². The van der Waals surface area contributed by atoms with E-state index in [1.807, 2.05) is 12.2 Å². The summed E-state index contributed by atoms with van der Waals surface area (Å²) in [5.74, 6) is 0.560. The number of hydrogen-bond donors (Lipinski definition) is 1. The third kappa shape index (κ3) is 2.84. The molecule has 102 valence electrons. The third-order valence-corrected chi connectivity index (χ3v) is 3.71. The van der Waals surface area contributed by atoms with Gasteiger partial charge >= 0.3 is 0 Å². The van der Waals surface area contributed by atoms with Crippen LogP contribution in [0.25, 0.3) is 0 Å². The molecule has 1 N–H and O–H groups in total. The lowest BCUT2D eigenvalue weighted by atomic mass is 10.00. The van der Waals surface area contributed by atoms with Gasteiger partial charge in [-0.15, -0.1) is 5.10 Å². The number of nitrogens with zero attached hydrogens (tertiary/aromatic N) is 4. The van der Waals surface area contributed by atoms with Gasteiger partial charge in [0, 0.05) is 19.6 Å². The van der Waals surface area contributed by atoms with Crippen LogP contribution in [0.3, 0.4) is 0 Å². The zero-order chi connectivity index (χ0) is 13.1. The minimum atomic E-state index is -0.0296. The second-order valence-electron chi connectivity index (χ2n) is 5.22. The summed E-state index contributed by atoms with van der Waals surface area (Å²) in [6, 6.07) is 0. The van der Waals surface area contributed by atoms with Gasteiger partial charge in [0.1, 0.15) is 0 Å². The number of hydrogen-bond acceptors (Lipinski definition) is 4. The molecular formula is C13H19N5O. The topological polar surface area (TPSA) is 63.1 Å². The molecule has 2 aliphatic heterocycles. The maximum absolute atomic E-state index is 12.1. The van der Waals surface area contributed by atoms with Crippen molar-refractivity contribution in [2.24, 2.45) is 5.92 Å². The smallest absolute Gasteiger partial charge is 0.276 e. The van der Waals surface area contributed by atoms with Crippen molar-refractivity contribution in [1.82, 2.24) is 25.2 Å². The van der Waals surface area contributed by atoms with Crippen molar-refractivity contribution in [3.8, 4) is 0 Å². The highest BCUT2D eigenvalue weighted by atomic mass is 16.2. The Labute approximate surface area is 112 Å². The van der Waals surface area contributed by atoms with Gasteiger partial charge in [0.2, 0.25) is 0 Å². The molecule has 0 unspecified atom stereocenters. The second kappa shape index (κ2) is 5.52. The summed E-state index contributed by atoms with van der Waals surface area (Å²) >= 11 is 0. The molecule has 0 aliphatic carbocycles. The zero-order valence-corrected chi connectivity index (χ0v) is 11.0. The van der Waals surface area contributed by atoms with Crippen LogP contribution in [0.1, 0.15) is 23.3 Å². The van der Waals surface area contributed by atoms with Gasteiger partial charge in [0.05, 0.1) is 6.20 Å². The Kier molecular flexibility index (Phi) is 3.59. The van der Waals surface area contributed by atoms with E-state index in [9.17, 15) is 4.79 Å². The van der Waals surface area contributed by atoms with Gasteiger partial charge in [0.25, 0.3) is 5.91 Å². The van der Waals surface area contributed by atoms with Crippen LogP contribution in [0.15, 0.2) is 18.3 Å². The molecule has 0 saturated carbocycles. The molecule has 3 rings (SSSR count). The van der Waals surface area contributed by atoms with Crippen molar-refractivity contribution in [1.29, 1.82) is 0 Å². The minimum absolute atomic E-state index is 0.0296. The lowest BCUT2D eigenvalue weighted by Crippen LogP contribution is -2.32. The summed E-state index contributed by atoms with van der Waals surface area (Å²) in [4.78, 5) is 13.9. The Morgan fingerprint density at radius 3 is 3.00 bits per heavy atom. The average Bonchev–Trinajstić information content (AvgIpc) is 3.10. The first kappa shape index (κ1) is 12.3. The summed E-state index contributed by atoms with van der Waals surface area (Å²) in [5.41, 5.74) is 0.451. The number of piperidine rings is 1. The van der Waals surface area contributed by atoms with E-state index in [0.717, 1.165) is 19.6 Å². The predicted octanol–water partition coefficient (Wildman–Crippen LogP) is 0.290. The molecule has 1 fully saturated rings. The van der Waals surface area contributed by atoms with Gasteiger partial charge < -0.3 is 10.2 Å². The van der Waals surface area contributed by atoms with Crippen molar-refractivity contribution in [2.45, 2.75) is 19.4 Å². The van der Waals surface area contributed by atoms with Crippen LogP contribution in [0.4, 0.5) is 0 Å². The standard InChI is InChI=1S/C13H19N5O/c19-13(17-6-1-2-7-17)12-10-18(16-15-12)9-11-4-3-5-14-8-11/h1-2,10-11,14H,3-9H2/t11-/m1/s1. The normalized spacial score (nSPS) is 22.9. The highest BCUT2D eigenvalue weighted by molar-refractivity contribution is 5.92. The molecule has 1 amide bonds. The van der Waals surface area contributed by atoms with E-state index in [-0.39, 0.29) is 5.91 Å². The van der Waals surface area contributed by atoms with Crippen molar-refractivity contribution in [2.75, 3.05) is 26.2 Å². The van der Waals surface area contributed by atoms with E-state index >= 15 is 0 Å². The van der Waals surface area contributed by atoms with E-state index in [0.29, 0.717) is 24.7 Å². The van der Waals surface area contributed by atoms with Crippen LogP contribution < -0.4 is 5.32 Å². The van der Waals surface area contributed by atoms with Crippen molar-refractivity contribution < 1.29 is 4.79 Å². The highest BCUT2D eigenvalue weighted by Gasteiger charge is 2.20. The van der Waals surface area contributed by atoms with Gasteiger partial charge in [0.15, 0.2) is 5.69 Å². The summed E-state index contributed by atoms with van der Waals surface area (Å²) in [7, 11) is 0. The molecule has 2 aliphatic rings. The molecular weight excluding hydrogens is 242 g/mol. The largest absolute Gasteiger partial charge is 0.330 e. The van der Waals surface area contributed by atoms with E-state index in [2.05, 4.69) is 15.6 Å². The van der Waals surface area contributed by atoms with Gasteiger partial charge in [-0.05, 0) is 31.8 Å². The van der Waals surface area contributed by atoms with E-state index in [1.54, 1.807) is 15.8 Å². The molecule has 0 aromatic carbocycles. The van der Waals surface area contributed by atoms with Crippen LogP contribution in [0.2, 0.25) is 0 Å². The SMILES string of the molecule is O=C(c1cn(C[C@@H]2CCCNC2)nn1)N1CC=CC1. The maximum Gasteiger partial charge on any atom is 0.276 e. The van der Waals surface area contributed by atoms with E-state index in [1.165, 1.54) is 12.8 Å². The Bertz CT molecular complexity index is 467. The molecule has 6 heteroatoms. The molecule has 1 aromatic heterocycles. The van der Waals surface area contributed by atoms with Crippen LogP contribution in [-0.4, -0.2) is 52.0 Å². The number of rotatable bonds is 3. The first-order valence-electron chi connectivity index (χ1n) is 6.88. The second-order valence-corrected chi connectivity index (χ2v) is 5.22. The first-order chi connectivity index (χ1) is 9.33. The van der Waals surface area contributed by atoms with Gasteiger partial charge in [-0.1, -0.05) is 17.4 Å². The number of nitrogens with one attached hydrogen (secondary N) is 1. The molecule has 1 atom stereocenters.